The van der Waals surface area contributed by atoms with E-state index in [0.717, 1.165) is 12.2 Å². The van der Waals surface area contributed by atoms with Crippen molar-refractivity contribution in [1.82, 2.24) is 20.0 Å². The summed E-state index contributed by atoms with van der Waals surface area (Å²) in [6, 6.07) is 0. The summed E-state index contributed by atoms with van der Waals surface area (Å²) in [5.41, 5.74) is 1.98. The van der Waals surface area contributed by atoms with Crippen molar-refractivity contribution in [2.75, 3.05) is 5.32 Å². The number of H-pyrrole nitrogens is 1. The molecule has 0 bridgehead atoms. The normalized spacial score (nSPS) is 10.4. The van der Waals surface area contributed by atoms with Crippen molar-refractivity contribution in [3.8, 4) is 0 Å². The molecule has 0 aromatic carbocycles. The van der Waals surface area contributed by atoms with Crippen LogP contribution < -0.4 is 5.32 Å². The van der Waals surface area contributed by atoms with Gasteiger partial charge in [0, 0.05) is 18.4 Å². The Kier molecular flexibility index (Phi) is 2.72. The van der Waals surface area contributed by atoms with Crippen LogP contribution in [0.4, 0.5) is 5.69 Å². The molecule has 0 spiro atoms. The van der Waals surface area contributed by atoms with E-state index in [0.29, 0.717) is 11.3 Å². The lowest BCUT2D eigenvalue weighted by molar-refractivity contribution is 0.102. The van der Waals surface area contributed by atoms with Gasteiger partial charge in [0.25, 0.3) is 5.91 Å². The molecule has 2 heterocycles. The van der Waals surface area contributed by atoms with E-state index < -0.39 is 0 Å². The van der Waals surface area contributed by atoms with E-state index in [9.17, 15) is 4.79 Å². The van der Waals surface area contributed by atoms with Crippen molar-refractivity contribution in [3.05, 3.63) is 29.8 Å². The Morgan fingerprint density at radius 1 is 1.56 bits per heavy atom. The average Bonchev–Trinajstić information content (AvgIpc) is 2.86. The quantitative estimate of drug-likeness (QED) is 0.814. The Morgan fingerprint density at radius 3 is 2.94 bits per heavy atom. The van der Waals surface area contributed by atoms with Gasteiger partial charge >= 0.3 is 0 Å². The molecule has 0 unspecified atom stereocenters. The minimum atomic E-state index is -0.179. The fraction of sp³-hybridized carbons (Fsp3) is 0.300. The van der Waals surface area contributed by atoms with E-state index in [2.05, 4.69) is 20.6 Å². The summed E-state index contributed by atoms with van der Waals surface area (Å²) in [5, 5.41) is 13.3. The lowest BCUT2D eigenvalue weighted by atomic mass is 10.2. The van der Waals surface area contributed by atoms with Crippen molar-refractivity contribution in [3.63, 3.8) is 0 Å². The molecule has 0 aliphatic carbocycles. The molecule has 0 atom stereocenters. The standard InChI is InChI=1S/C10H13N5O/c1-3-15-6-8(4-12-15)13-10(16)9-5-11-14-7(9)2/h4-6H,3H2,1-2H3,(H,11,14)(H,13,16). The van der Waals surface area contributed by atoms with Gasteiger partial charge in [-0.2, -0.15) is 10.2 Å². The maximum absolute atomic E-state index is 11.8. The summed E-state index contributed by atoms with van der Waals surface area (Å²) in [5.74, 6) is -0.179. The first kappa shape index (κ1) is 10.4. The topological polar surface area (TPSA) is 75.6 Å². The van der Waals surface area contributed by atoms with E-state index in [1.165, 1.54) is 6.20 Å². The van der Waals surface area contributed by atoms with Crippen LogP contribution in [-0.2, 0) is 6.54 Å². The van der Waals surface area contributed by atoms with Gasteiger partial charge in [0.15, 0.2) is 0 Å². The summed E-state index contributed by atoms with van der Waals surface area (Å²) >= 11 is 0. The van der Waals surface area contributed by atoms with Crippen LogP contribution in [0.1, 0.15) is 23.0 Å². The predicted octanol–water partition coefficient (Wildman–Crippen LogP) is 1.19. The van der Waals surface area contributed by atoms with E-state index in [1.807, 2.05) is 6.92 Å². The molecule has 84 valence electrons. The number of hydrogen-bond acceptors (Lipinski definition) is 3. The van der Waals surface area contributed by atoms with Crippen LogP contribution in [0.25, 0.3) is 0 Å². The maximum atomic E-state index is 11.8. The number of nitrogens with one attached hydrogen (secondary N) is 2. The SMILES string of the molecule is CCn1cc(NC(=O)c2cn[nH]c2C)cn1. The highest BCUT2D eigenvalue weighted by Gasteiger charge is 2.11. The highest BCUT2D eigenvalue weighted by molar-refractivity contribution is 6.04. The van der Waals surface area contributed by atoms with Gasteiger partial charge in [-0.25, -0.2) is 0 Å². The van der Waals surface area contributed by atoms with Crippen molar-refractivity contribution < 1.29 is 4.79 Å². The van der Waals surface area contributed by atoms with Gasteiger partial charge in [0.05, 0.1) is 23.6 Å². The van der Waals surface area contributed by atoms with E-state index in [4.69, 9.17) is 0 Å². The highest BCUT2D eigenvalue weighted by Crippen LogP contribution is 2.09. The predicted molar refractivity (Wildman–Crippen MR) is 59.2 cm³/mol. The van der Waals surface area contributed by atoms with E-state index >= 15 is 0 Å². The average molecular weight is 219 g/mol. The molecule has 0 fully saturated rings. The smallest absolute Gasteiger partial charge is 0.259 e. The first-order valence-corrected chi connectivity index (χ1v) is 5.04. The number of nitrogens with zero attached hydrogens (tertiary/aromatic N) is 3. The number of aryl methyl sites for hydroxylation is 2. The van der Waals surface area contributed by atoms with E-state index in [-0.39, 0.29) is 5.91 Å². The zero-order valence-electron chi connectivity index (χ0n) is 9.19. The molecular weight excluding hydrogens is 206 g/mol. The molecule has 2 N–H and O–H groups in total. The van der Waals surface area contributed by atoms with Crippen LogP contribution in [0.2, 0.25) is 0 Å². The zero-order chi connectivity index (χ0) is 11.5. The number of hydrogen-bond donors (Lipinski definition) is 2. The number of amides is 1. The molecule has 16 heavy (non-hydrogen) atoms. The third-order valence-electron chi connectivity index (χ3n) is 2.29. The van der Waals surface area contributed by atoms with Crippen LogP contribution >= 0.6 is 0 Å². The number of carbonyl (C=O) groups excluding carboxylic acids is 1. The van der Waals surface area contributed by atoms with Crippen molar-refractivity contribution in [2.45, 2.75) is 20.4 Å². The van der Waals surface area contributed by atoms with Crippen molar-refractivity contribution in [2.24, 2.45) is 0 Å². The lowest BCUT2D eigenvalue weighted by Gasteiger charge is -2.00. The molecule has 2 aromatic heterocycles. The van der Waals surface area contributed by atoms with Crippen molar-refractivity contribution in [1.29, 1.82) is 0 Å². The second-order valence-electron chi connectivity index (χ2n) is 3.45. The number of aromatic nitrogens is 4. The number of aromatic amines is 1. The summed E-state index contributed by atoms with van der Waals surface area (Å²) in [4.78, 5) is 11.8. The first-order valence-electron chi connectivity index (χ1n) is 5.04. The Labute approximate surface area is 92.7 Å². The molecule has 2 aromatic rings. The molecule has 2 rings (SSSR count). The molecule has 0 radical (unpaired) electrons. The van der Waals surface area contributed by atoms with Gasteiger partial charge in [-0.15, -0.1) is 0 Å². The van der Waals surface area contributed by atoms with Gasteiger partial charge in [-0.05, 0) is 13.8 Å². The number of rotatable bonds is 3. The fourth-order valence-corrected chi connectivity index (χ4v) is 1.38. The number of anilines is 1. The van der Waals surface area contributed by atoms with Crippen LogP contribution in [-0.4, -0.2) is 25.9 Å². The molecule has 6 heteroatoms. The van der Waals surface area contributed by atoms with Crippen LogP contribution in [0.3, 0.4) is 0 Å². The van der Waals surface area contributed by atoms with Crippen LogP contribution in [0.15, 0.2) is 18.6 Å². The molecule has 0 saturated carbocycles. The first-order chi connectivity index (χ1) is 7.70. The van der Waals surface area contributed by atoms with E-state index in [1.54, 1.807) is 24.0 Å². The minimum absolute atomic E-state index is 0.179. The Bertz CT molecular complexity index is 499. The Hall–Kier alpha value is -2.11. The lowest BCUT2D eigenvalue weighted by Crippen LogP contribution is -2.11. The second kappa shape index (κ2) is 4.18. The molecule has 0 saturated heterocycles. The molecule has 1 amide bonds. The monoisotopic (exact) mass is 219 g/mol. The van der Waals surface area contributed by atoms with Crippen molar-refractivity contribution >= 4 is 11.6 Å². The fourth-order valence-electron chi connectivity index (χ4n) is 1.38. The Balaban J connectivity index is 2.11. The summed E-state index contributed by atoms with van der Waals surface area (Å²) < 4.78 is 1.75. The third kappa shape index (κ3) is 1.95. The second-order valence-corrected chi connectivity index (χ2v) is 3.45. The number of carbonyl (C=O) groups is 1. The van der Waals surface area contributed by atoms with Gasteiger partial charge in [0.1, 0.15) is 0 Å². The van der Waals surface area contributed by atoms with Crippen LogP contribution in [0, 0.1) is 6.92 Å². The maximum Gasteiger partial charge on any atom is 0.259 e. The largest absolute Gasteiger partial charge is 0.319 e. The van der Waals surface area contributed by atoms with Crippen LogP contribution in [0.5, 0.6) is 0 Å². The van der Waals surface area contributed by atoms with Gasteiger partial charge in [-0.3, -0.25) is 14.6 Å². The van der Waals surface area contributed by atoms with Gasteiger partial charge < -0.3 is 5.32 Å². The zero-order valence-corrected chi connectivity index (χ0v) is 9.19. The summed E-state index contributed by atoms with van der Waals surface area (Å²) in [6.45, 7) is 4.57. The molecular formula is C10H13N5O. The minimum Gasteiger partial charge on any atom is -0.319 e. The highest BCUT2D eigenvalue weighted by atomic mass is 16.1. The van der Waals surface area contributed by atoms with Gasteiger partial charge in [0.2, 0.25) is 0 Å². The molecule has 0 aliphatic rings. The van der Waals surface area contributed by atoms with Gasteiger partial charge in [-0.1, -0.05) is 0 Å². The molecule has 6 nitrogen and oxygen atoms in total. The summed E-state index contributed by atoms with van der Waals surface area (Å²) in [7, 11) is 0. The summed E-state index contributed by atoms with van der Waals surface area (Å²) in [6.07, 6.45) is 4.92. The molecule has 0 aliphatic heterocycles. The Morgan fingerprint density at radius 2 is 2.38 bits per heavy atom. The third-order valence-corrected chi connectivity index (χ3v) is 2.29.